The Morgan fingerprint density at radius 3 is 2.30 bits per heavy atom. The summed E-state index contributed by atoms with van der Waals surface area (Å²) in [5, 5.41) is 6.37. The van der Waals surface area contributed by atoms with Gasteiger partial charge in [-0.3, -0.25) is 4.99 Å². The molecule has 0 saturated heterocycles. The summed E-state index contributed by atoms with van der Waals surface area (Å²) in [7, 11) is -1.74. The lowest BCUT2D eigenvalue weighted by atomic mass is 10.0. The van der Waals surface area contributed by atoms with Gasteiger partial charge in [0.25, 0.3) is 0 Å². The van der Waals surface area contributed by atoms with Crippen LogP contribution in [0, 0.1) is 5.92 Å². The van der Waals surface area contributed by atoms with Crippen LogP contribution in [0.1, 0.15) is 26.7 Å². The first kappa shape index (κ1) is 19.4. The average Bonchev–Trinajstić information content (AvgIpc) is 2.58. The van der Waals surface area contributed by atoms with Crippen LogP contribution in [0.3, 0.4) is 0 Å². The maximum Gasteiger partial charge on any atom is 0.240 e. The maximum absolute atomic E-state index is 12.1. The summed E-state index contributed by atoms with van der Waals surface area (Å²) >= 11 is 0. The predicted molar refractivity (Wildman–Crippen MR) is 95.1 cm³/mol. The molecule has 1 aromatic carbocycles. The van der Waals surface area contributed by atoms with Gasteiger partial charge in [-0.15, -0.1) is 0 Å². The fourth-order valence-electron chi connectivity index (χ4n) is 2.09. The van der Waals surface area contributed by atoms with Crippen LogP contribution >= 0.6 is 0 Å². The predicted octanol–water partition coefficient (Wildman–Crippen LogP) is 1.57. The molecule has 0 bridgehead atoms. The van der Waals surface area contributed by atoms with E-state index in [0.29, 0.717) is 25.0 Å². The second kappa shape index (κ2) is 10.2. The van der Waals surface area contributed by atoms with Crippen molar-refractivity contribution in [1.82, 2.24) is 15.4 Å². The summed E-state index contributed by atoms with van der Waals surface area (Å²) in [5.41, 5.74) is 0. The van der Waals surface area contributed by atoms with E-state index in [4.69, 9.17) is 0 Å². The zero-order chi connectivity index (χ0) is 17.1. The standard InChI is InChI=1S/C16H28N4O2S/c1-4-14(5-2)13-19-16(17-3)18-11-12-20-23(21,22)15-9-7-6-8-10-15/h6-10,14,20H,4-5,11-13H2,1-3H3,(H2,17,18,19). The first-order chi connectivity index (χ1) is 11.0. The molecule has 0 unspecified atom stereocenters. The molecule has 1 rings (SSSR count). The first-order valence-corrected chi connectivity index (χ1v) is 9.51. The number of rotatable bonds is 9. The summed E-state index contributed by atoms with van der Waals surface area (Å²) < 4.78 is 26.7. The summed E-state index contributed by atoms with van der Waals surface area (Å²) in [4.78, 5) is 4.41. The van der Waals surface area contributed by atoms with Crippen molar-refractivity contribution in [3.8, 4) is 0 Å². The highest BCUT2D eigenvalue weighted by molar-refractivity contribution is 7.89. The number of sulfonamides is 1. The van der Waals surface area contributed by atoms with Gasteiger partial charge in [0.15, 0.2) is 5.96 Å². The number of benzene rings is 1. The van der Waals surface area contributed by atoms with E-state index in [1.807, 2.05) is 0 Å². The highest BCUT2D eigenvalue weighted by atomic mass is 32.2. The molecule has 0 spiro atoms. The van der Waals surface area contributed by atoms with E-state index >= 15 is 0 Å². The van der Waals surface area contributed by atoms with E-state index in [1.54, 1.807) is 37.4 Å². The summed E-state index contributed by atoms with van der Waals surface area (Å²) in [6.45, 7) is 5.97. The van der Waals surface area contributed by atoms with Gasteiger partial charge in [-0.25, -0.2) is 13.1 Å². The molecule has 130 valence electrons. The maximum atomic E-state index is 12.1. The molecular weight excluding hydrogens is 312 g/mol. The van der Waals surface area contributed by atoms with Crippen molar-refractivity contribution < 1.29 is 8.42 Å². The number of aliphatic imine (C=N–C) groups is 1. The zero-order valence-electron chi connectivity index (χ0n) is 14.2. The molecule has 0 aliphatic rings. The van der Waals surface area contributed by atoms with Gasteiger partial charge in [-0.1, -0.05) is 44.9 Å². The van der Waals surface area contributed by atoms with E-state index < -0.39 is 10.0 Å². The van der Waals surface area contributed by atoms with Gasteiger partial charge in [0.2, 0.25) is 10.0 Å². The molecule has 0 atom stereocenters. The van der Waals surface area contributed by atoms with Gasteiger partial charge >= 0.3 is 0 Å². The topological polar surface area (TPSA) is 82.6 Å². The molecule has 7 heteroatoms. The molecule has 0 heterocycles. The highest BCUT2D eigenvalue weighted by Gasteiger charge is 2.12. The minimum Gasteiger partial charge on any atom is -0.356 e. The Kier molecular flexibility index (Phi) is 8.65. The monoisotopic (exact) mass is 340 g/mol. The SMILES string of the molecule is CCC(CC)CNC(=NC)NCCNS(=O)(=O)c1ccccc1. The van der Waals surface area contributed by atoms with Crippen molar-refractivity contribution in [1.29, 1.82) is 0 Å². The third-order valence-electron chi connectivity index (χ3n) is 3.70. The fraction of sp³-hybridized carbons (Fsp3) is 0.562. The molecule has 23 heavy (non-hydrogen) atoms. The molecule has 0 aliphatic carbocycles. The molecule has 6 nitrogen and oxygen atoms in total. The van der Waals surface area contributed by atoms with Crippen LogP contribution in [0.15, 0.2) is 40.2 Å². The quantitative estimate of drug-likeness (QED) is 0.362. The van der Waals surface area contributed by atoms with Crippen LogP contribution < -0.4 is 15.4 Å². The Labute approximate surface area is 139 Å². The summed E-state index contributed by atoms with van der Waals surface area (Å²) in [5.74, 6) is 1.31. The Morgan fingerprint density at radius 1 is 1.09 bits per heavy atom. The Bertz CT molecular complexity index is 569. The second-order valence-electron chi connectivity index (χ2n) is 5.27. The smallest absolute Gasteiger partial charge is 0.240 e. The van der Waals surface area contributed by atoms with Crippen molar-refractivity contribution in [2.45, 2.75) is 31.6 Å². The van der Waals surface area contributed by atoms with Crippen molar-refractivity contribution in [2.75, 3.05) is 26.7 Å². The number of hydrogen-bond acceptors (Lipinski definition) is 3. The number of hydrogen-bond donors (Lipinski definition) is 3. The fourth-order valence-corrected chi connectivity index (χ4v) is 3.14. The normalized spacial score (nSPS) is 12.4. The summed E-state index contributed by atoms with van der Waals surface area (Å²) in [6.07, 6.45) is 2.24. The van der Waals surface area contributed by atoms with Crippen LogP contribution in [0.2, 0.25) is 0 Å². The average molecular weight is 340 g/mol. The Balaban J connectivity index is 2.35. The van der Waals surface area contributed by atoms with Crippen LogP contribution in [0.25, 0.3) is 0 Å². The molecule has 3 N–H and O–H groups in total. The van der Waals surface area contributed by atoms with Gasteiger partial charge in [0.1, 0.15) is 0 Å². The van der Waals surface area contributed by atoms with Crippen molar-refractivity contribution >= 4 is 16.0 Å². The van der Waals surface area contributed by atoms with E-state index in [-0.39, 0.29) is 4.90 Å². The van der Waals surface area contributed by atoms with E-state index in [2.05, 4.69) is 34.2 Å². The Morgan fingerprint density at radius 2 is 1.74 bits per heavy atom. The van der Waals surface area contributed by atoms with Gasteiger partial charge < -0.3 is 10.6 Å². The van der Waals surface area contributed by atoms with Crippen molar-refractivity contribution in [3.63, 3.8) is 0 Å². The minimum absolute atomic E-state index is 0.274. The summed E-state index contributed by atoms with van der Waals surface area (Å²) in [6, 6.07) is 8.35. The first-order valence-electron chi connectivity index (χ1n) is 8.02. The third-order valence-corrected chi connectivity index (χ3v) is 5.18. The van der Waals surface area contributed by atoms with Crippen molar-refractivity contribution in [2.24, 2.45) is 10.9 Å². The molecule has 0 aliphatic heterocycles. The molecule has 0 amide bonds. The van der Waals surface area contributed by atoms with Gasteiger partial charge in [0.05, 0.1) is 4.90 Å². The number of guanidine groups is 1. The Hall–Kier alpha value is -1.60. The van der Waals surface area contributed by atoms with E-state index in [9.17, 15) is 8.42 Å². The van der Waals surface area contributed by atoms with E-state index in [0.717, 1.165) is 19.4 Å². The molecule has 0 radical (unpaired) electrons. The van der Waals surface area contributed by atoms with Crippen LogP contribution in [0.5, 0.6) is 0 Å². The molecule has 0 saturated carbocycles. The number of nitrogens with zero attached hydrogens (tertiary/aromatic N) is 1. The van der Waals surface area contributed by atoms with Gasteiger partial charge in [-0.2, -0.15) is 0 Å². The lowest BCUT2D eigenvalue weighted by Gasteiger charge is -2.16. The largest absolute Gasteiger partial charge is 0.356 e. The van der Waals surface area contributed by atoms with Crippen LogP contribution in [0.4, 0.5) is 0 Å². The number of nitrogens with one attached hydrogen (secondary N) is 3. The van der Waals surface area contributed by atoms with Crippen LogP contribution in [-0.4, -0.2) is 41.1 Å². The van der Waals surface area contributed by atoms with Crippen LogP contribution in [-0.2, 0) is 10.0 Å². The lowest BCUT2D eigenvalue weighted by molar-refractivity contribution is 0.481. The molecule has 0 fully saturated rings. The third kappa shape index (κ3) is 7.00. The zero-order valence-corrected chi connectivity index (χ0v) is 15.0. The lowest BCUT2D eigenvalue weighted by Crippen LogP contribution is -2.43. The van der Waals surface area contributed by atoms with Gasteiger partial charge in [0, 0.05) is 26.7 Å². The molecular formula is C16H28N4O2S. The highest BCUT2D eigenvalue weighted by Crippen LogP contribution is 2.06. The van der Waals surface area contributed by atoms with Gasteiger partial charge in [-0.05, 0) is 18.1 Å². The molecule has 0 aromatic heterocycles. The molecule has 1 aromatic rings. The van der Waals surface area contributed by atoms with E-state index in [1.165, 1.54) is 0 Å². The minimum atomic E-state index is -3.45. The second-order valence-corrected chi connectivity index (χ2v) is 7.04. The van der Waals surface area contributed by atoms with Crippen molar-refractivity contribution in [3.05, 3.63) is 30.3 Å².